The van der Waals surface area contributed by atoms with Crippen molar-refractivity contribution in [3.05, 3.63) is 65.2 Å². The molecule has 9 heteroatoms. The molecule has 0 atom stereocenters. The molecule has 0 radical (unpaired) electrons. The lowest BCUT2D eigenvalue weighted by Gasteiger charge is -2.34. The van der Waals surface area contributed by atoms with E-state index >= 15 is 0 Å². The maximum absolute atomic E-state index is 12.6. The van der Waals surface area contributed by atoms with Crippen LogP contribution in [-0.4, -0.2) is 54.2 Å². The SMILES string of the molecule is NC(=O)c1ccc(C(=O)N2CCN(Cc3ccc(OC(F)(F)F)cc3)CC2)cc1. The van der Waals surface area contributed by atoms with Crippen molar-refractivity contribution >= 4 is 11.8 Å². The van der Waals surface area contributed by atoms with Crippen LogP contribution < -0.4 is 10.5 Å². The number of nitrogens with two attached hydrogens (primary N) is 1. The first-order chi connectivity index (χ1) is 13.7. The molecule has 1 heterocycles. The molecule has 3 rings (SSSR count). The zero-order valence-corrected chi connectivity index (χ0v) is 15.5. The lowest BCUT2D eigenvalue weighted by Crippen LogP contribution is -2.48. The van der Waals surface area contributed by atoms with Gasteiger partial charge in [0.15, 0.2) is 0 Å². The summed E-state index contributed by atoms with van der Waals surface area (Å²) >= 11 is 0. The summed E-state index contributed by atoms with van der Waals surface area (Å²) in [6.07, 6.45) is -4.70. The molecule has 0 aromatic heterocycles. The monoisotopic (exact) mass is 407 g/mol. The number of carbonyl (C=O) groups is 2. The zero-order chi connectivity index (χ0) is 21.0. The maximum atomic E-state index is 12.6. The number of primary amides is 1. The highest BCUT2D eigenvalue weighted by Crippen LogP contribution is 2.23. The van der Waals surface area contributed by atoms with Crippen LogP contribution in [0.5, 0.6) is 5.75 Å². The van der Waals surface area contributed by atoms with Gasteiger partial charge in [-0.2, -0.15) is 0 Å². The van der Waals surface area contributed by atoms with E-state index < -0.39 is 12.3 Å². The van der Waals surface area contributed by atoms with Gasteiger partial charge >= 0.3 is 6.36 Å². The predicted molar refractivity (Wildman–Crippen MR) is 99.3 cm³/mol. The summed E-state index contributed by atoms with van der Waals surface area (Å²) in [6, 6.07) is 12.0. The molecule has 0 spiro atoms. The predicted octanol–water partition coefficient (Wildman–Crippen LogP) is 2.64. The van der Waals surface area contributed by atoms with E-state index in [1.54, 1.807) is 29.2 Å². The van der Waals surface area contributed by atoms with Crippen LogP contribution in [0.2, 0.25) is 0 Å². The molecule has 0 bridgehead atoms. The van der Waals surface area contributed by atoms with Gasteiger partial charge in [-0.1, -0.05) is 12.1 Å². The van der Waals surface area contributed by atoms with Crippen molar-refractivity contribution in [1.82, 2.24) is 9.80 Å². The third-order valence-electron chi connectivity index (χ3n) is 4.64. The molecule has 0 aliphatic carbocycles. The first-order valence-corrected chi connectivity index (χ1v) is 8.97. The van der Waals surface area contributed by atoms with E-state index in [4.69, 9.17) is 5.73 Å². The Morgan fingerprint density at radius 3 is 1.97 bits per heavy atom. The average Bonchev–Trinajstić information content (AvgIpc) is 2.68. The molecule has 0 saturated carbocycles. The second-order valence-electron chi connectivity index (χ2n) is 6.70. The Labute approximate surface area is 165 Å². The second-order valence-corrected chi connectivity index (χ2v) is 6.70. The number of ether oxygens (including phenoxy) is 1. The highest BCUT2D eigenvalue weighted by atomic mass is 19.4. The van der Waals surface area contributed by atoms with Crippen molar-refractivity contribution in [3.63, 3.8) is 0 Å². The maximum Gasteiger partial charge on any atom is 0.573 e. The minimum atomic E-state index is -4.70. The van der Waals surface area contributed by atoms with Crippen molar-refractivity contribution < 1.29 is 27.5 Å². The highest BCUT2D eigenvalue weighted by Gasteiger charge is 2.31. The molecular formula is C20H20F3N3O3. The molecule has 2 amide bonds. The van der Waals surface area contributed by atoms with Gasteiger partial charge in [-0.3, -0.25) is 14.5 Å². The molecule has 2 aromatic carbocycles. The van der Waals surface area contributed by atoms with Crippen molar-refractivity contribution in [1.29, 1.82) is 0 Å². The first kappa shape index (κ1) is 20.7. The topological polar surface area (TPSA) is 75.9 Å². The molecule has 6 nitrogen and oxygen atoms in total. The van der Waals surface area contributed by atoms with E-state index in [1.165, 1.54) is 24.3 Å². The molecule has 1 aliphatic heterocycles. The average molecular weight is 407 g/mol. The summed E-state index contributed by atoms with van der Waals surface area (Å²) in [5.74, 6) is -0.913. The van der Waals surface area contributed by atoms with Gasteiger partial charge in [0.1, 0.15) is 5.75 Å². The van der Waals surface area contributed by atoms with E-state index in [1.807, 2.05) is 0 Å². The van der Waals surface area contributed by atoms with Gasteiger partial charge in [0.25, 0.3) is 5.91 Å². The zero-order valence-electron chi connectivity index (χ0n) is 15.5. The Kier molecular flexibility index (Phi) is 6.07. The number of amides is 2. The standard InChI is InChI=1S/C20H20F3N3O3/c21-20(22,23)29-17-7-1-14(2-8-17)13-25-9-11-26(12-10-25)19(28)16-5-3-15(4-6-16)18(24)27/h1-8H,9-13H2,(H2,24,27). The molecule has 1 aliphatic rings. The number of nitrogens with zero attached hydrogens (tertiary/aromatic N) is 2. The van der Waals surface area contributed by atoms with Crippen molar-refractivity contribution in [2.45, 2.75) is 12.9 Å². The summed E-state index contributed by atoms with van der Waals surface area (Å²) < 4.78 is 40.5. The van der Waals surface area contributed by atoms with Gasteiger partial charge < -0.3 is 15.4 Å². The van der Waals surface area contributed by atoms with Crippen LogP contribution >= 0.6 is 0 Å². The van der Waals surface area contributed by atoms with Crippen LogP contribution in [-0.2, 0) is 6.54 Å². The molecular weight excluding hydrogens is 387 g/mol. The Bertz CT molecular complexity index is 859. The molecule has 1 fully saturated rings. The van der Waals surface area contributed by atoms with Crippen molar-refractivity contribution in [2.75, 3.05) is 26.2 Å². The van der Waals surface area contributed by atoms with Gasteiger partial charge in [-0.25, -0.2) is 0 Å². The van der Waals surface area contributed by atoms with Crippen LogP contribution in [0.3, 0.4) is 0 Å². The van der Waals surface area contributed by atoms with Gasteiger partial charge in [0.05, 0.1) is 0 Å². The van der Waals surface area contributed by atoms with Crippen molar-refractivity contribution in [2.24, 2.45) is 5.73 Å². The van der Waals surface area contributed by atoms with Gasteiger partial charge in [-0.15, -0.1) is 13.2 Å². The van der Waals surface area contributed by atoms with E-state index in [2.05, 4.69) is 9.64 Å². The summed E-state index contributed by atoms with van der Waals surface area (Å²) in [7, 11) is 0. The number of hydrogen-bond acceptors (Lipinski definition) is 4. The molecule has 0 unspecified atom stereocenters. The number of carbonyl (C=O) groups excluding carboxylic acids is 2. The van der Waals surface area contributed by atoms with Crippen LogP contribution in [0, 0.1) is 0 Å². The number of halogens is 3. The molecule has 2 N–H and O–H groups in total. The Hall–Kier alpha value is -3.07. The number of alkyl halides is 3. The third kappa shape index (κ3) is 5.71. The Balaban J connectivity index is 1.51. The first-order valence-electron chi connectivity index (χ1n) is 8.97. The van der Waals surface area contributed by atoms with Crippen LogP contribution in [0.15, 0.2) is 48.5 Å². The highest BCUT2D eigenvalue weighted by molar-refractivity contribution is 5.97. The summed E-state index contributed by atoms with van der Waals surface area (Å²) in [4.78, 5) is 27.6. The quantitative estimate of drug-likeness (QED) is 0.827. The molecule has 1 saturated heterocycles. The van der Waals surface area contributed by atoms with Crippen LogP contribution in [0.4, 0.5) is 13.2 Å². The largest absolute Gasteiger partial charge is 0.573 e. The van der Waals surface area contributed by atoms with Gasteiger partial charge in [-0.05, 0) is 42.0 Å². The van der Waals surface area contributed by atoms with Gasteiger partial charge in [0.2, 0.25) is 5.91 Å². The van der Waals surface area contributed by atoms with E-state index in [0.717, 1.165) is 5.56 Å². The summed E-state index contributed by atoms with van der Waals surface area (Å²) in [6.45, 7) is 2.93. The minimum absolute atomic E-state index is 0.116. The molecule has 29 heavy (non-hydrogen) atoms. The third-order valence-corrected chi connectivity index (χ3v) is 4.64. The Morgan fingerprint density at radius 2 is 1.45 bits per heavy atom. The number of benzene rings is 2. The number of rotatable bonds is 5. The molecule has 154 valence electrons. The minimum Gasteiger partial charge on any atom is -0.406 e. The second kappa shape index (κ2) is 8.52. The van der Waals surface area contributed by atoms with Crippen LogP contribution in [0.25, 0.3) is 0 Å². The number of piperazine rings is 1. The summed E-state index contributed by atoms with van der Waals surface area (Å²) in [5.41, 5.74) is 6.90. The van der Waals surface area contributed by atoms with E-state index in [0.29, 0.717) is 43.9 Å². The summed E-state index contributed by atoms with van der Waals surface area (Å²) in [5, 5.41) is 0. The van der Waals surface area contributed by atoms with E-state index in [-0.39, 0.29) is 11.7 Å². The smallest absolute Gasteiger partial charge is 0.406 e. The van der Waals surface area contributed by atoms with Crippen molar-refractivity contribution in [3.8, 4) is 5.75 Å². The Morgan fingerprint density at radius 1 is 0.897 bits per heavy atom. The van der Waals surface area contributed by atoms with E-state index in [9.17, 15) is 22.8 Å². The number of hydrogen-bond donors (Lipinski definition) is 1. The lowest BCUT2D eigenvalue weighted by molar-refractivity contribution is -0.274. The normalized spacial score (nSPS) is 15.2. The van der Waals surface area contributed by atoms with Crippen LogP contribution in [0.1, 0.15) is 26.3 Å². The fourth-order valence-electron chi connectivity index (χ4n) is 3.12. The lowest BCUT2D eigenvalue weighted by atomic mass is 10.1. The fourth-order valence-corrected chi connectivity index (χ4v) is 3.12. The van der Waals surface area contributed by atoms with Gasteiger partial charge in [0, 0.05) is 43.9 Å². The molecule has 2 aromatic rings. The fraction of sp³-hybridized carbons (Fsp3) is 0.300.